The molecule has 0 spiro atoms. The van der Waals surface area contributed by atoms with E-state index in [0.29, 0.717) is 16.3 Å². The van der Waals surface area contributed by atoms with Gasteiger partial charge in [-0.2, -0.15) is 20.6 Å². The van der Waals surface area contributed by atoms with Crippen LogP contribution in [0.15, 0.2) is 93.3 Å². The number of hydrogen-bond donors (Lipinski definition) is 0. The predicted octanol–water partition coefficient (Wildman–Crippen LogP) is 6.87. The van der Waals surface area contributed by atoms with Crippen molar-refractivity contribution in [1.29, 1.82) is 5.26 Å². The van der Waals surface area contributed by atoms with E-state index in [2.05, 4.69) is 31.5 Å². The SMILES string of the molecule is N#Cc1ccc(C(N=Nc2nc3ccccc3s2)N=Nc2ccccc2F)cc1. The highest BCUT2D eigenvalue weighted by Gasteiger charge is 2.11. The summed E-state index contributed by atoms with van der Waals surface area (Å²) in [6.07, 6.45) is -0.797. The van der Waals surface area contributed by atoms with Crippen molar-refractivity contribution >= 4 is 32.4 Å². The Hall–Kier alpha value is -3.83. The van der Waals surface area contributed by atoms with E-state index in [1.165, 1.54) is 23.5 Å². The zero-order chi connectivity index (χ0) is 20.1. The Balaban J connectivity index is 1.66. The van der Waals surface area contributed by atoms with Crippen LogP contribution in [0, 0.1) is 17.1 Å². The minimum absolute atomic E-state index is 0.112. The number of azo groups is 2. The maximum Gasteiger partial charge on any atom is 0.230 e. The number of benzene rings is 3. The zero-order valence-electron chi connectivity index (χ0n) is 15.0. The van der Waals surface area contributed by atoms with Crippen molar-refractivity contribution in [3.63, 3.8) is 0 Å². The number of aromatic nitrogens is 1. The molecule has 0 amide bonds. The van der Waals surface area contributed by atoms with Crippen LogP contribution in [-0.2, 0) is 0 Å². The summed E-state index contributed by atoms with van der Waals surface area (Å²) >= 11 is 1.41. The average molecular weight is 400 g/mol. The van der Waals surface area contributed by atoms with E-state index in [-0.39, 0.29) is 5.69 Å². The molecule has 3 aromatic carbocycles. The molecule has 6 nitrogen and oxygen atoms in total. The Bertz CT molecular complexity index is 1210. The molecule has 1 heterocycles. The van der Waals surface area contributed by atoms with Crippen LogP contribution in [0.2, 0.25) is 0 Å². The van der Waals surface area contributed by atoms with E-state index in [1.807, 2.05) is 24.3 Å². The summed E-state index contributed by atoms with van der Waals surface area (Å²) in [5.41, 5.74) is 2.14. The Morgan fingerprint density at radius 2 is 1.62 bits per heavy atom. The van der Waals surface area contributed by atoms with Crippen molar-refractivity contribution < 1.29 is 4.39 Å². The summed E-state index contributed by atoms with van der Waals surface area (Å²) in [6.45, 7) is 0. The third-order valence-electron chi connectivity index (χ3n) is 4.00. The van der Waals surface area contributed by atoms with Crippen LogP contribution in [0.4, 0.5) is 15.2 Å². The summed E-state index contributed by atoms with van der Waals surface area (Å²) in [7, 11) is 0. The molecule has 0 N–H and O–H groups in total. The molecule has 8 heteroatoms. The second kappa shape index (κ2) is 8.46. The first-order valence-electron chi connectivity index (χ1n) is 8.65. The highest BCUT2D eigenvalue weighted by Crippen LogP contribution is 2.30. The van der Waals surface area contributed by atoms with Crippen molar-refractivity contribution in [2.75, 3.05) is 0 Å². The molecule has 29 heavy (non-hydrogen) atoms. The van der Waals surface area contributed by atoms with Gasteiger partial charge in [-0.3, -0.25) is 0 Å². The average Bonchev–Trinajstić information content (AvgIpc) is 3.18. The van der Waals surface area contributed by atoms with Gasteiger partial charge in [-0.25, -0.2) is 9.37 Å². The second-order valence-electron chi connectivity index (χ2n) is 5.95. The number of rotatable bonds is 5. The maximum atomic E-state index is 13.9. The van der Waals surface area contributed by atoms with Crippen LogP contribution < -0.4 is 0 Å². The lowest BCUT2D eigenvalue weighted by molar-refractivity contribution is 0.622. The highest BCUT2D eigenvalue weighted by atomic mass is 32.1. The minimum Gasteiger partial charge on any atom is -0.217 e. The molecule has 1 atom stereocenters. The van der Waals surface area contributed by atoms with Gasteiger partial charge in [0.15, 0.2) is 5.82 Å². The molecule has 1 aromatic heterocycles. The monoisotopic (exact) mass is 400 g/mol. The van der Waals surface area contributed by atoms with E-state index in [9.17, 15) is 4.39 Å². The van der Waals surface area contributed by atoms with Gasteiger partial charge < -0.3 is 0 Å². The zero-order valence-corrected chi connectivity index (χ0v) is 15.8. The normalized spacial score (nSPS) is 12.6. The van der Waals surface area contributed by atoms with Gasteiger partial charge in [-0.05, 0) is 36.4 Å². The number of fused-ring (bicyclic) bond motifs is 1. The molecule has 1 unspecified atom stereocenters. The number of halogens is 1. The number of nitriles is 1. The first kappa shape index (κ1) is 18.5. The molecule has 0 bridgehead atoms. The minimum atomic E-state index is -0.797. The fourth-order valence-corrected chi connectivity index (χ4v) is 3.34. The molecule has 0 saturated heterocycles. The molecule has 0 aliphatic carbocycles. The standard InChI is InChI=1S/C21H13FN6S/c22-16-5-1-2-6-17(16)25-26-20(15-11-9-14(13-23)10-12-15)27-28-21-24-18-7-3-4-8-19(18)29-21/h1-12,20H. The molecular formula is C21H13FN6S. The Kier molecular flexibility index (Phi) is 5.40. The molecule has 0 aliphatic heterocycles. The van der Waals surface area contributed by atoms with E-state index in [0.717, 1.165) is 10.2 Å². The van der Waals surface area contributed by atoms with Gasteiger partial charge in [0.1, 0.15) is 5.69 Å². The molecule has 140 valence electrons. The molecule has 0 aliphatic rings. The van der Waals surface area contributed by atoms with Gasteiger partial charge in [0.2, 0.25) is 11.3 Å². The van der Waals surface area contributed by atoms with Crippen molar-refractivity contribution in [2.45, 2.75) is 6.17 Å². The summed E-state index contributed by atoms with van der Waals surface area (Å²) < 4.78 is 14.9. The van der Waals surface area contributed by atoms with E-state index in [4.69, 9.17) is 5.26 Å². The second-order valence-corrected chi connectivity index (χ2v) is 6.96. The number of hydrogen-bond acceptors (Lipinski definition) is 7. The lowest BCUT2D eigenvalue weighted by Gasteiger charge is -2.05. The van der Waals surface area contributed by atoms with E-state index >= 15 is 0 Å². The van der Waals surface area contributed by atoms with Gasteiger partial charge >= 0.3 is 0 Å². The van der Waals surface area contributed by atoms with Gasteiger partial charge in [-0.1, -0.05) is 47.7 Å². The van der Waals surface area contributed by atoms with Gasteiger partial charge in [0.05, 0.1) is 21.8 Å². The highest BCUT2D eigenvalue weighted by molar-refractivity contribution is 7.21. The smallest absolute Gasteiger partial charge is 0.217 e. The quantitative estimate of drug-likeness (QED) is 0.342. The fourth-order valence-electron chi connectivity index (χ4n) is 2.54. The molecule has 0 fully saturated rings. The lowest BCUT2D eigenvalue weighted by atomic mass is 10.1. The molecular weight excluding hydrogens is 387 g/mol. The van der Waals surface area contributed by atoms with E-state index < -0.39 is 12.0 Å². The van der Waals surface area contributed by atoms with Crippen LogP contribution in [0.5, 0.6) is 0 Å². The number of para-hydroxylation sites is 1. The van der Waals surface area contributed by atoms with Crippen LogP contribution in [0.3, 0.4) is 0 Å². The first-order chi connectivity index (χ1) is 14.2. The number of nitrogens with zero attached hydrogens (tertiary/aromatic N) is 6. The molecule has 0 radical (unpaired) electrons. The van der Waals surface area contributed by atoms with E-state index in [1.54, 1.807) is 36.4 Å². The molecule has 4 rings (SSSR count). The van der Waals surface area contributed by atoms with Crippen molar-refractivity contribution in [3.8, 4) is 6.07 Å². The van der Waals surface area contributed by atoms with Crippen LogP contribution in [0.1, 0.15) is 17.3 Å². The van der Waals surface area contributed by atoms with Crippen molar-refractivity contribution in [2.24, 2.45) is 20.5 Å². The fraction of sp³-hybridized carbons (Fsp3) is 0.0476. The third kappa shape index (κ3) is 4.36. The topological polar surface area (TPSA) is 86.1 Å². The van der Waals surface area contributed by atoms with Gasteiger partial charge in [0.25, 0.3) is 0 Å². The Morgan fingerprint density at radius 1 is 0.897 bits per heavy atom. The Morgan fingerprint density at radius 3 is 2.38 bits per heavy atom. The summed E-state index contributed by atoms with van der Waals surface area (Å²) in [6, 6.07) is 22.6. The number of thiazole rings is 1. The van der Waals surface area contributed by atoms with Crippen LogP contribution in [0.25, 0.3) is 10.2 Å². The summed E-state index contributed by atoms with van der Waals surface area (Å²) in [5.74, 6) is -0.474. The molecule has 4 aromatic rings. The van der Waals surface area contributed by atoms with Gasteiger partial charge in [-0.15, -0.1) is 5.11 Å². The van der Waals surface area contributed by atoms with Crippen molar-refractivity contribution in [3.05, 3.63) is 89.7 Å². The van der Waals surface area contributed by atoms with Crippen molar-refractivity contribution in [1.82, 2.24) is 4.98 Å². The van der Waals surface area contributed by atoms with Crippen LogP contribution >= 0.6 is 11.3 Å². The molecule has 0 saturated carbocycles. The summed E-state index contributed by atoms with van der Waals surface area (Å²) in [4.78, 5) is 4.42. The first-order valence-corrected chi connectivity index (χ1v) is 9.46. The largest absolute Gasteiger partial charge is 0.230 e. The predicted molar refractivity (Wildman–Crippen MR) is 109 cm³/mol. The lowest BCUT2D eigenvalue weighted by Crippen LogP contribution is -1.91. The maximum absolute atomic E-state index is 13.9. The van der Waals surface area contributed by atoms with Gasteiger partial charge in [0, 0.05) is 5.56 Å². The Labute approximate surface area is 169 Å². The van der Waals surface area contributed by atoms with Crippen LogP contribution in [-0.4, -0.2) is 4.98 Å². The third-order valence-corrected chi connectivity index (χ3v) is 4.92. The summed E-state index contributed by atoms with van der Waals surface area (Å²) in [5, 5.41) is 26.1.